The lowest BCUT2D eigenvalue weighted by Crippen LogP contribution is -2.05. The van der Waals surface area contributed by atoms with Gasteiger partial charge in [-0.3, -0.25) is 9.52 Å². The summed E-state index contributed by atoms with van der Waals surface area (Å²) in [5, 5.41) is 12.4. The second kappa shape index (κ2) is 5.79. The van der Waals surface area contributed by atoms with Crippen LogP contribution in [-0.4, -0.2) is 29.0 Å². The summed E-state index contributed by atoms with van der Waals surface area (Å²) in [5.74, 6) is -1.06. The molecule has 0 bridgehead atoms. The van der Waals surface area contributed by atoms with E-state index in [4.69, 9.17) is 0 Å². The minimum absolute atomic E-state index is 0.131. The third kappa shape index (κ3) is 2.39. The number of carbonyl (C=O) groups excluding carboxylic acids is 1. The first-order chi connectivity index (χ1) is 12.0. The van der Waals surface area contributed by atoms with Gasteiger partial charge in [0.15, 0.2) is 0 Å². The average Bonchev–Trinajstić information content (AvgIpc) is 3.18. The van der Waals surface area contributed by atoms with E-state index in [0.29, 0.717) is 29.7 Å². The molecule has 25 heavy (non-hydrogen) atoms. The highest BCUT2D eigenvalue weighted by Gasteiger charge is 2.34. The molecule has 0 fully saturated rings. The predicted octanol–water partition coefficient (Wildman–Crippen LogP) is 3.06. The van der Waals surface area contributed by atoms with Gasteiger partial charge in [-0.25, -0.2) is 4.79 Å². The van der Waals surface area contributed by atoms with E-state index in [1.165, 1.54) is 11.9 Å². The lowest BCUT2D eigenvalue weighted by Gasteiger charge is -2.06. The lowest BCUT2D eigenvalue weighted by molar-refractivity contribution is -0.110. The Bertz CT molecular complexity index is 959. The molecule has 4 rings (SSSR count). The van der Waals surface area contributed by atoms with E-state index in [1.54, 1.807) is 6.92 Å². The molecule has 0 saturated carbocycles. The molecule has 2 aliphatic rings. The Morgan fingerprint density at radius 2 is 2.12 bits per heavy atom. The van der Waals surface area contributed by atoms with Gasteiger partial charge in [0.1, 0.15) is 0 Å². The Labute approximate surface area is 148 Å². The average molecular weight is 355 g/mol. The van der Waals surface area contributed by atoms with Crippen molar-refractivity contribution in [1.29, 1.82) is 0 Å². The van der Waals surface area contributed by atoms with E-state index in [2.05, 4.69) is 15.0 Å². The van der Waals surface area contributed by atoms with Crippen LogP contribution in [0.4, 0.5) is 5.69 Å². The van der Waals surface area contributed by atoms with E-state index < -0.39 is 5.97 Å². The summed E-state index contributed by atoms with van der Waals surface area (Å²) in [7, 11) is 1.85. The molecule has 1 aromatic heterocycles. The summed E-state index contributed by atoms with van der Waals surface area (Å²) in [5.41, 5.74) is 5.77. The topological polar surface area (TPSA) is 94.2 Å². The van der Waals surface area contributed by atoms with E-state index in [-0.39, 0.29) is 5.91 Å². The van der Waals surface area contributed by atoms with Crippen molar-refractivity contribution in [3.8, 4) is 0 Å². The molecule has 0 radical (unpaired) electrons. The van der Waals surface area contributed by atoms with Crippen molar-refractivity contribution in [2.45, 2.75) is 24.7 Å². The molecule has 1 amide bonds. The van der Waals surface area contributed by atoms with E-state index in [9.17, 15) is 14.7 Å². The Morgan fingerprint density at radius 3 is 2.84 bits per heavy atom. The number of carboxylic acid groups (broad SMARTS) is 1. The quantitative estimate of drug-likeness (QED) is 0.501. The molecular formula is C18H17N3O3S. The highest BCUT2D eigenvalue weighted by atomic mass is 32.2. The molecule has 1 aliphatic carbocycles. The summed E-state index contributed by atoms with van der Waals surface area (Å²) in [6.07, 6.45) is 1.29. The summed E-state index contributed by atoms with van der Waals surface area (Å²) in [4.78, 5) is 28.3. The number of aromatic carboxylic acids is 1. The maximum absolute atomic E-state index is 12.6. The van der Waals surface area contributed by atoms with Gasteiger partial charge in [0.2, 0.25) is 0 Å². The van der Waals surface area contributed by atoms with Gasteiger partial charge in [-0.1, -0.05) is 0 Å². The molecule has 0 atom stereocenters. The van der Waals surface area contributed by atoms with Gasteiger partial charge in [-0.05, 0) is 68.1 Å². The first-order valence-electron chi connectivity index (χ1n) is 7.99. The highest BCUT2D eigenvalue weighted by Crippen LogP contribution is 2.44. The van der Waals surface area contributed by atoms with Gasteiger partial charge in [-0.15, -0.1) is 0 Å². The molecule has 0 saturated heterocycles. The third-order valence-corrected chi connectivity index (χ3v) is 5.38. The van der Waals surface area contributed by atoms with Crippen LogP contribution >= 0.6 is 11.9 Å². The van der Waals surface area contributed by atoms with Crippen LogP contribution in [0.1, 0.15) is 39.3 Å². The zero-order chi connectivity index (χ0) is 17.7. The van der Waals surface area contributed by atoms with Gasteiger partial charge >= 0.3 is 5.97 Å². The van der Waals surface area contributed by atoms with Gasteiger partial charge in [0.25, 0.3) is 5.91 Å². The Kier molecular flexibility index (Phi) is 3.70. The van der Waals surface area contributed by atoms with Crippen molar-refractivity contribution in [2.75, 3.05) is 12.4 Å². The third-order valence-electron chi connectivity index (χ3n) is 4.69. The first kappa shape index (κ1) is 16.0. The number of aryl methyl sites for hydroxylation is 1. The maximum Gasteiger partial charge on any atom is 0.337 e. The summed E-state index contributed by atoms with van der Waals surface area (Å²) < 4.78 is 3.03. The Hall–Kier alpha value is -2.51. The molecular weight excluding hydrogens is 338 g/mol. The van der Waals surface area contributed by atoms with Crippen molar-refractivity contribution >= 4 is 40.7 Å². The molecule has 1 aliphatic heterocycles. The van der Waals surface area contributed by atoms with Crippen LogP contribution in [0.3, 0.4) is 0 Å². The normalized spacial score (nSPS) is 18.2. The molecule has 4 N–H and O–H groups in total. The monoisotopic (exact) mass is 355 g/mol. The van der Waals surface area contributed by atoms with Crippen molar-refractivity contribution in [1.82, 2.24) is 9.71 Å². The van der Waals surface area contributed by atoms with E-state index in [0.717, 1.165) is 33.0 Å². The van der Waals surface area contributed by atoms with Crippen LogP contribution in [0.2, 0.25) is 0 Å². The molecule has 2 aromatic rings. The summed E-state index contributed by atoms with van der Waals surface area (Å²) >= 11 is 1.49. The summed E-state index contributed by atoms with van der Waals surface area (Å²) in [6, 6.07) is 5.84. The zero-order valence-corrected chi connectivity index (χ0v) is 14.6. The van der Waals surface area contributed by atoms with Gasteiger partial charge in [-0.2, -0.15) is 0 Å². The van der Waals surface area contributed by atoms with Crippen LogP contribution in [0.25, 0.3) is 11.1 Å². The van der Waals surface area contributed by atoms with Crippen LogP contribution < -0.4 is 10.0 Å². The summed E-state index contributed by atoms with van der Waals surface area (Å²) in [6.45, 7) is 1.76. The molecule has 7 heteroatoms. The number of aromatic amines is 1. The number of fused-ring (bicyclic) bond motifs is 2. The standard InChI is InChI=1S/C18H17N3O3S/c1-8-14(18(23)24)10-4-5-11(16(10)20-8)15-12-7-9(25-19-2)3-6-13(12)21-17(15)22/h3,6-7,19-20H,4-5H2,1-2H3,(H,21,22)(H,23,24)/b15-11-. The number of hydrogen-bond donors (Lipinski definition) is 4. The molecule has 1 aromatic carbocycles. The molecule has 128 valence electrons. The number of aromatic nitrogens is 1. The molecule has 6 nitrogen and oxygen atoms in total. The molecule has 0 unspecified atom stereocenters. The number of allylic oxidation sites excluding steroid dienone is 1. The van der Waals surface area contributed by atoms with Crippen LogP contribution in [0.5, 0.6) is 0 Å². The maximum atomic E-state index is 12.6. The highest BCUT2D eigenvalue weighted by molar-refractivity contribution is 7.97. The SMILES string of the molecule is CNSc1ccc2c(c1)/C(=C1\CCc3c1[nH]c(C)c3C(=O)O)C(=O)N2. The number of hydrogen-bond acceptors (Lipinski definition) is 4. The fraction of sp³-hybridized carbons (Fsp3) is 0.222. The second-order valence-electron chi connectivity index (χ2n) is 6.10. The smallest absolute Gasteiger partial charge is 0.337 e. The van der Waals surface area contributed by atoms with Crippen LogP contribution in [-0.2, 0) is 11.2 Å². The fourth-order valence-corrected chi connectivity index (χ4v) is 4.27. The number of benzene rings is 1. The number of amides is 1. The first-order valence-corrected chi connectivity index (χ1v) is 8.80. The van der Waals surface area contributed by atoms with Crippen molar-refractivity contribution in [2.24, 2.45) is 0 Å². The number of rotatable bonds is 3. The minimum Gasteiger partial charge on any atom is -0.478 e. The largest absolute Gasteiger partial charge is 0.478 e. The Balaban J connectivity index is 1.90. The number of anilines is 1. The number of H-pyrrole nitrogens is 1. The predicted molar refractivity (Wildman–Crippen MR) is 97.6 cm³/mol. The minimum atomic E-state index is -0.926. The number of carboxylic acids is 1. The van der Waals surface area contributed by atoms with Crippen LogP contribution in [0, 0.1) is 6.92 Å². The lowest BCUT2D eigenvalue weighted by atomic mass is 9.99. The van der Waals surface area contributed by atoms with Crippen molar-refractivity contribution in [3.05, 3.63) is 46.3 Å². The number of carbonyl (C=O) groups is 2. The Morgan fingerprint density at radius 1 is 1.32 bits per heavy atom. The zero-order valence-electron chi connectivity index (χ0n) is 13.8. The van der Waals surface area contributed by atoms with Gasteiger partial charge < -0.3 is 15.4 Å². The number of nitrogens with one attached hydrogen (secondary N) is 3. The van der Waals surface area contributed by atoms with Crippen molar-refractivity contribution < 1.29 is 14.7 Å². The molecule has 2 heterocycles. The van der Waals surface area contributed by atoms with Gasteiger partial charge in [0, 0.05) is 27.5 Å². The van der Waals surface area contributed by atoms with E-state index in [1.807, 2.05) is 25.2 Å². The second-order valence-corrected chi connectivity index (χ2v) is 7.19. The van der Waals surface area contributed by atoms with Crippen LogP contribution in [0.15, 0.2) is 23.1 Å². The molecule has 0 spiro atoms. The van der Waals surface area contributed by atoms with Gasteiger partial charge in [0.05, 0.1) is 11.1 Å². The fourth-order valence-electron chi connectivity index (χ4n) is 3.73. The van der Waals surface area contributed by atoms with E-state index >= 15 is 0 Å². The van der Waals surface area contributed by atoms with Crippen molar-refractivity contribution in [3.63, 3.8) is 0 Å².